The van der Waals surface area contributed by atoms with Gasteiger partial charge in [-0.05, 0) is 45.6 Å². The Kier molecular flexibility index (Phi) is 11.9. The Morgan fingerprint density at radius 1 is 1.18 bits per heavy atom. The van der Waals surface area contributed by atoms with E-state index in [4.69, 9.17) is 4.74 Å². The van der Waals surface area contributed by atoms with Crippen LogP contribution in [0.15, 0.2) is 29.3 Å². The van der Waals surface area contributed by atoms with Gasteiger partial charge in [0.1, 0.15) is 12.4 Å². The SMILES string of the molecule is CCNC(=NCc1cccc(OCCN(C)C)c1)NCC.I. The molecular formula is C16H29IN4O. The van der Waals surface area contributed by atoms with Gasteiger partial charge in [0, 0.05) is 19.6 Å². The van der Waals surface area contributed by atoms with Crippen molar-refractivity contribution in [1.29, 1.82) is 0 Å². The molecule has 0 fully saturated rings. The molecule has 0 radical (unpaired) electrons. The number of nitrogens with one attached hydrogen (secondary N) is 2. The normalized spacial score (nSPS) is 9.86. The van der Waals surface area contributed by atoms with Crippen molar-refractivity contribution in [2.24, 2.45) is 4.99 Å². The summed E-state index contributed by atoms with van der Waals surface area (Å²) in [5.74, 6) is 1.75. The Morgan fingerprint density at radius 3 is 2.45 bits per heavy atom. The molecule has 0 spiro atoms. The molecule has 2 N–H and O–H groups in total. The van der Waals surface area contributed by atoms with Crippen LogP contribution in [0.5, 0.6) is 5.75 Å². The first kappa shape index (κ1) is 21.0. The Labute approximate surface area is 151 Å². The minimum atomic E-state index is 0. The summed E-state index contributed by atoms with van der Waals surface area (Å²) in [6.07, 6.45) is 0. The van der Waals surface area contributed by atoms with Crippen LogP contribution in [0.4, 0.5) is 0 Å². The average molecular weight is 420 g/mol. The molecule has 1 aromatic rings. The highest BCUT2D eigenvalue weighted by Gasteiger charge is 1.99. The molecule has 0 unspecified atom stereocenters. The molecule has 0 atom stereocenters. The molecule has 0 saturated carbocycles. The minimum absolute atomic E-state index is 0. The molecule has 0 aliphatic rings. The van der Waals surface area contributed by atoms with Crippen molar-refractivity contribution in [2.75, 3.05) is 40.3 Å². The highest BCUT2D eigenvalue weighted by Crippen LogP contribution is 2.14. The lowest BCUT2D eigenvalue weighted by molar-refractivity contribution is 0.261. The third-order valence-corrected chi connectivity index (χ3v) is 2.81. The third kappa shape index (κ3) is 9.09. The first-order chi connectivity index (χ1) is 10.2. The Morgan fingerprint density at radius 2 is 1.86 bits per heavy atom. The predicted octanol–water partition coefficient (Wildman–Crippen LogP) is 2.32. The Bertz CT molecular complexity index is 430. The van der Waals surface area contributed by atoms with Crippen molar-refractivity contribution in [3.05, 3.63) is 29.8 Å². The number of rotatable bonds is 8. The number of hydrogen-bond donors (Lipinski definition) is 2. The Balaban J connectivity index is 0.00000441. The van der Waals surface area contributed by atoms with Crippen LogP contribution in [0.1, 0.15) is 19.4 Å². The second-order valence-corrected chi connectivity index (χ2v) is 5.02. The van der Waals surface area contributed by atoms with Gasteiger partial charge < -0.3 is 20.3 Å². The monoisotopic (exact) mass is 420 g/mol. The van der Waals surface area contributed by atoms with Crippen LogP contribution in [0.2, 0.25) is 0 Å². The van der Waals surface area contributed by atoms with Crippen molar-refractivity contribution >= 4 is 29.9 Å². The molecule has 126 valence electrons. The molecule has 6 heteroatoms. The highest BCUT2D eigenvalue weighted by atomic mass is 127. The summed E-state index contributed by atoms with van der Waals surface area (Å²) in [4.78, 5) is 6.66. The molecule has 0 aliphatic carbocycles. The number of likely N-dealkylation sites (N-methyl/N-ethyl adjacent to an activating group) is 1. The van der Waals surface area contributed by atoms with Gasteiger partial charge in [-0.1, -0.05) is 12.1 Å². The lowest BCUT2D eigenvalue weighted by atomic mass is 10.2. The number of benzene rings is 1. The van der Waals surface area contributed by atoms with Gasteiger partial charge in [0.15, 0.2) is 5.96 Å². The molecule has 0 saturated heterocycles. The van der Waals surface area contributed by atoms with Gasteiger partial charge >= 0.3 is 0 Å². The van der Waals surface area contributed by atoms with Gasteiger partial charge in [-0.25, -0.2) is 4.99 Å². The molecule has 0 bridgehead atoms. The van der Waals surface area contributed by atoms with E-state index in [0.717, 1.165) is 36.9 Å². The second kappa shape index (κ2) is 12.5. The number of nitrogens with zero attached hydrogens (tertiary/aromatic N) is 2. The quantitative estimate of drug-likeness (QED) is 0.385. The molecular weight excluding hydrogens is 391 g/mol. The van der Waals surface area contributed by atoms with Crippen LogP contribution >= 0.6 is 24.0 Å². The maximum atomic E-state index is 5.74. The minimum Gasteiger partial charge on any atom is -0.492 e. The first-order valence-electron chi connectivity index (χ1n) is 7.54. The fraction of sp³-hybridized carbons (Fsp3) is 0.562. The molecule has 0 amide bonds. The van der Waals surface area contributed by atoms with Crippen molar-refractivity contribution in [3.8, 4) is 5.75 Å². The van der Waals surface area contributed by atoms with Crippen LogP contribution in [0.25, 0.3) is 0 Å². The number of ether oxygens (including phenoxy) is 1. The number of guanidine groups is 1. The largest absolute Gasteiger partial charge is 0.492 e. The number of hydrogen-bond acceptors (Lipinski definition) is 3. The van der Waals surface area contributed by atoms with Gasteiger partial charge in [0.25, 0.3) is 0 Å². The van der Waals surface area contributed by atoms with E-state index in [1.807, 2.05) is 26.2 Å². The fourth-order valence-electron chi connectivity index (χ4n) is 1.76. The topological polar surface area (TPSA) is 48.9 Å². The van der Waals surface area contributed by atoms with Crippen LogP contribution in [0.3, 0.4) is 0 Å². The number of halogens is 1. The zero-order chi connectivity index (χ0) is 15.5. The van der Waals surface area contributed by atoms with Gasteiger partial charge in [-0.3, -0.25) is 0 Å². The Hall–Kier alpha value is -1.02. The van der Waals surface area contributed by atoms with Gasteiger partial charge in [-0.15, -0.1) is 24.0 Å². The van der Waals surface area contributed by atoms with Gasteiger partial charge in [0.05, 0.1) is 6.54 Å². The molecule has 22 heavy (non-hydrogen) atoms. The lowest BCUT2D eigenvalue weighted by Gasteiger charge is -2.12. The van der Waals surface area contributed by atoms with E-state index in [2.05, 4.69) is 46.5 Å². The van der Waals surface area contributed by atoms with E-state index in [9.17, 15) is 0 Å². The summed E-state index contributed by atoms with van der Waals surface area (Å²) in [6, 6.07) is 8.11. The standard InChI is InChI=1S/C16H28N4O.HI/c1-5-17-16(18-6-2)19-13-14-8-7-9-15(12-14)21-11-10-20(3)4;/h7-9,12H,5-6,10-11,13H2,1-4H3,(H2,17,18,19);1H. The van der Waals surface area contributed by atoms with Gasteiger partial charge in [0.2, 0.25) is 0 Å². The molecule has 0 heterocycles. The summed E-state index contributed by atoms with van der Waals surface area (Å²) in [7, 11) is 4.08. The van der Waals surface area contributed by atoms with Gasteiger partial charge in [-0.2, -0.15) is 0 Å². The predicted molar refractivity (Wildman–Crippen MR) is 104 cm³/mol. The van der Waals surface area contributed by atoms with Crippen LogP contribution in [-0.4, -0.2) is 51.2 Å². The zero-order valence-corrected chi connectivity index (χ0v) is 16.4. The van der Waals surface area contributed by atoms with E-state index in [0.29, 0.717) is 13.2 Å². The summed E-state index contributed by atoms with van der Waals surface area (Å²) in [5.41, 5.74) is 1.14. The van der Waals surface area contributed by atoms with E-state index >= 15 is 0 Å². The summed E-state index contributed by atoms with van der Waals surface area (Å²) < 4.78 is 5.74. The van der Waals surface area contributed by atoms with Crippen molar-refractivity contribution in [2.45, 2.75) is 20.4 Å². The molecule has 0 aromatic heterocycles. The van der Waals surface area contributed by atoms with Crippen LogP contribution in [0, 0.1) is 0 Å². The first-order valence-corrected chi connectivity index (χ1v) is 7.54. The number of aliphatic imine (C=N–C) groups is 1. The maximum absolute atomic E-state index is 5.74. The average Bonchev–Trinajstić information content (AvgIpc) is 2.45. The highest BCUT2D eigenvalue weighted by molar-refractivity contribution is 14.0. The lowest BCUT2D eigenvalue weighted by Crippen LogP contribution is -2.36. The fourth-order valence-corrected chi connectivity index (χ4v) is 1.76. The van der Waals surface area contributed by atoms with E-state index in [-0.39, 0.29) is 24.0 Å². The van der Waals surface area contributed by atoms with E-state index in [1.165, 1.54) is 0 Å². The summed E-state index contributed by atoms with van der Waals surface area (Å²) >= 11 is 0. The third-order valence-electron chi connectivity index (χ3n) is 2.81. The maximum Gasteiger partial charge on any atom is 0.191 e. The van der Waals surface area contributed by atoms with E-state index < -0.39 is 0 Å². The zero-order valence-electron chi connectivity index (χ0n) is 14.1. The van der Waals surface area contributed by atoms with Crippen LogP contribution in [-0.2, 0) is 6.54 Å². The molecule has 1 aromatic carbocycles. The summed E-state index contributed by atoms with van der Waals surface area (Å²) in [5, 5.41) is 6.43. The summed E-state index contributed by atoms with van der Waals surface area (Å²) in [6.45, 7) is 8.09. The van der Waals surface area contributed by atoms with E-state index in [1.54, 1.807) is 0 Å². The molecule has 5 nitrogen and oxygen atoms in total. The van der Waals surface area contributed by atoms with Crippen LogP contribution < -0.4 is 15.4 Å². The molecule has 1 rings (SSSR count). The molecule has 0 aliphatic heterocycles. The second-order valence-electron chi connectivity index (χ2n) is 5.02. The van der Waals surface area contributed by atoms with Crippen molar-refractivity contribution in [1.82, 2.24) is 15.5 Å². The smallest absolute Gasteiger partial charge is 0.191 e. The van der Waals surface area contributed by atoms with Crippen molar-refractivity contribution < 1.29 is 4.74 Å². The van der Waals surface area contributed by atoms with Crippen molar-refractivity contribution in [3.63, 3.8) is 0 Å².